The Kier molecular flexibility index (Phi) is 30.3. The number of rotatable bonds is 20. The highest BCUT2D eigenvalue weighted by Crippen LogP contribution is 2.31. The summed E-state index contributed by atoms with van der Waals surface area (Å²) in [6.45, 7) is 4.86. The second-order valence-electron chi connectivity index (χ2n) is 10.8. The molecule has 294 valence electrons. The van der Waals surface area contributed by atoms with Crippen LogP contribution in [0.4, 0.5) is 13.2 Å². The normalized spacial score (nSPS) is 13.1. The highest BCUT2D eigenvalue weighted by molar-refractivity contribution is 5.69. The van der Waals surface area contributed by atoms with Crippen molar-refractivity contribution in [2.24, 2.45) is 5.92 Å². The summed E-state index contributed by atoms with van der Waals surface area (Å²) in [6.07, 6.45) is 10.7. The number of nitrogens with zero attached hydrogens (tertiary/aromatic N) is 2. The predicted octanol–water partition coefficient (Wildman–Crippen LogP) is 5.52. The predicted molar refractivity (Wildman–Crippen MR) is 178 cm³/mol. The number of aliphatic carboxylic acids is 1. The minimum atomic E-state index is -4.32. The summed E-state index contributed by atoms with van der Waals surface area (Å²) >= 11 is 0. The van der Waals surface area contributed by atoms with Gasteiger partial charge in [-0.1, -0.05) is 43.2 Å². The van der Waals surface area contributed by atoms with Gasteiger partial charge in [0.1, 0.15) is 12.4 Å². The van der Waals surface area contributed by atoms with Crippen LogP contribution in [0.1, 0.15) is 84.1 Å². The highest BCUT2D eigenvalue weighted by Gasteiger charge is 2.30. The Bertz CT molecular complexity index is 1160. The molecule has 1 aromatic carbocycles. The summed E-state index contributed by atoms with van der Waals surface area (Å²) in [5.74, 6) is -0.231. The van der Waals surface area contributed by atoms with Crippen LogP contribution >= 0.6 is 0 Å². The minimum Gasteiger partial charge on any atom is -0.493 e. The largest absolute Gasteiger partial charge is 0.493 e. The van der Waals surface area contributed by atoms with Gasteiger partial charge in [-0.2, -0.15) is 13.2 Å². The molecule has 1 fully saturated rings. The molecule has 0 aliphatic heterocycles. The summed E-state index contributed by atoms with van der Waals surface area (Å²) in [4.78, 5) is 48.8. The molecule has 0 amide bonds. The van der Waals surface area contributed by atoms with Crippen molar-refractivity contribution in [1.82, 2.24) is 0 Å². The Morgan fingerprint density at radius 2 is 1.67 bits per heavy atom. The Labute approximate surface area is 294 Å². The smallest absolute Gasteiger partial charge is 0.416 e. The van der Waals surface area contributed by atoms with E-state index in [9.17, 15) is 43.0 Å². The number of carboxylic acid groups (broad SMARTS) is 1. The molecule has 2 rings (SSSR count). The van der Waals surface area contributed by atoms with Gasteiger partial charge in [-0.05, 0) is 77.0 Å². The molecule has 0 heterocycles. The molecular weight excluding hydrogens is 693 g/mol. The summed E-state index contributed by atoms with van der Waals surface area (Å²) < 4.78 is 52.6. The average molecular weight is 745 g/mol. The van der Waals surface area contributed by atoms with E-state index in [-0.39, 0.29) is 48.4 Å². The molecule has 5 N–H and O–H groups in total. The topological polar surface area (TPSA) is 250 Å². The Hall–Kier alpha value is -4.49. The van der Waals surface area contributed by atoms with Gasteiger partial charge < -0.3 is 39.9 Å². The Morgan fingerprint density at radius 1 is 1.00 bits per heavy atom. The molecule has 0 bridgehead atoms. The van der Waals surface area contributed by atoms with Crippen molar-refractivity contribution in [3.8, 4) is 5.75 Å². The van der Waals surface area contributed by atoms with Gasteiger partial charge in [0.15, 0.2) is 6.10 Å². The quantitative estimate of drug-likeness (QED) is 0.0570. The molecule has 1 unspecified atom stereocenters. The van der Waals surface area contributed by atoms with E-state index in [2.05, 4.69) is 27.9 Å². The molecule has 1 aliphatic rings. The number of allylic oxidation sites excluding steroid dienone is 3. The van der Waals surface area contributed by atoms with Crippen LogP contribution in [0.5, 0.6) is 5.75 Å². The van der Waals surface area contributed by atoms with Gasteiger partial charge in [0, 0.05) is 6.42 Å². The molecule has 0 saturated heterocycles. The summed E-state index contributed by atoms with van der Waals surface area (Å²) in [5.41, 5.74) is -0.670. The third-order valence-corrected chi connectivity index (χ3v) is 6.24. The second kappa shape index (κ2) is 30.3. The lowest BCUT2D eigenvalue weighted by Gasteiger charge is -2.13. The zero-order valence-corrected chi connectivity index (χ0v) is 29.0. The van der Waals surface area contributed by atoms with Gasteiger partial charge >= 0.3 is 18.1 Å². The number of benzene rings is 1. The Balaban J connectivity index is -0.000000686. The number of ether oxygens (including phenoxy) is 3. The highest BCUT2D eigenvalue weighted by atomic mass is 19.4. The molecule has 1 aromatic rings. The number of carbonyl (C=O) groups excluding carboxylic acids is 1. The van der Waals surface area contributed by atoms with Crippen LogP contribution < -0.4 is 4.74 Å². The number of carbonyl (C=O) groups is 2. The van der Waals surface area contributed by atoms with Crippen molar-refractivity contribution < 1.29 is 72.9 Å². The van der Waals surface area contributed by atoms with Crippen LogP contribution in [0.25, 0.3) is 0 Å². The third kappa shape index (κ3) is 31.2. The molecule has 51 heavy (non-hydrogen) atoms. The fourth-order valence-electron chi connectivity index (χ4n) is 4.05. The number of hydrogen-bond acceptors (Lipinski definition) is 11. The van der Waals surface area contributed by atoms with Crippen LogP contribution in [0.3, 0.4) is 0 Å². The summed E-state index contributed by atoms with van der Waals surface area (Å²) in [7, 11) is 0. The van der Waals surface area contributed by atoms with Crippen molar-refractivity contribution in [2.45, 2.75) is 96.9 Å². The zero-order chi connectivity index (χ0) is 37.1. The molecule has 1 saturated carbocycles. The van der Waals surface area contributed by atoms with E-state index in [0.29, 0.717) is 18.9 Å². The van der Waals surface area contributed by atoms with E-state index >= 15 is 0 Å². The summed E-state index contributed by atoms with van der Waals surface area (Å²) in [5, 5.41) is 25.8. The fourth-order valence-corrected chi connectivity index (χ4v) is 4.05. The van der Waals surface area contributed by atoms with E-state index in [0.717, 1.165) is 31.4 Å². The zero-order valence-electron chi connectivity index (χ0n) is 29.0. The first-order chi connectivity index (χ1) is 23.1. The number of esters is 1. The third-order valence-electron chi connectivity index (χ3n) is 6.24. The maximum absolute atomic E-state index is 12.5. The first kappa shape index (κ1) is 50.9. The average Bonchev–Trinajstić information content (AvgIpc) is 3.53. The first-order valence-corrected chi connectivity index (χ1v) is 15.8. The number of hydrogen-bond donors (Lipinski definition) is 1. The van der Waals surface area contributed by atoms with Gasteiger partial charge in [-0.25, -0.2) is 0 Å². The molecule has 0 spiro atoms. The van der Waals surface area contributed by atoms with Gasteiger partial charge in [0.05, 0.1) is 37.9 Å². The van der Waals surface area contributed by atoms with E-state index in [1.807, 2.05) is 26.8 Å². The van der Waals surface area contributed by atoms with Gasteiger partial charge in [-0.15, -0.1) is 20.2 Å². The SMILES string of the molecule is C/C=C\CCCC(=O)OC(C)C.FC(F)(F)c1cccc(OCC/C=C/C2CCCC2)c1.O.O.O=C(O)CCOCC(CO[N+](=O)[O-])O[N+](=O)[O-]. The number of halogens is 3. The van der Waals surface area contributed by atoms with Crippen LogP contribution in [-0.2, 0) is 34.9 Å². The van der Waals surface area contributed by atoms with Crippen LogP contribution in [0.15, 0.2) is 48.6 Å². The number of unbranched alkanes of at least 4 members (excludes halogenated alkanes) is 1. The molecule has 0 radical (unpaired) electrons. The summed E-state index contributed by atoms with van der Waals surface area (Å²) in [6, 6.07) is 5.01. The second-order valence-corrected chi connectivity index (χ2v) is 10.8. The molecular formula is C32H51F3N2O14. The molecule has 16 nitrogen and oxygen atoms in total. The lowest BCUT2D eigenvalue weighted by molar-refractivity contribution is -0.790. The molecule has 1 atom stereocenters. The number of alkyl halides is 3. The van der Waals surface area contributed by atoms with Crippen molar-refractivity contribution in [3.05, 3.63) is 74.4 Å². The number of carboxylic acids is 1. The van der Waals surface area contributed by atoms with Gasteiger partial charge in [0.2, 0.25) is 0 Å². The first-order valence-electron chi connectivity index (χ1n) is 15.8. The monoisotopic (exact) mass is 744 g/mol. The Morgan fingerprint density at radius 3 is 2.22 bits per heavy atom. The van der Waals surface area contributed by atoms with Crippen LogP contribution in [0, 0.1) is 26.1 Å². The van der Waals surface area contributed by atoms with Crippen molar-refractivity contribution in [2.75, 3.05) is 26.4 Å². The maximum Gasteiger partial charge on any atom is 0.416 e. The van der Waals surface area contributed by atoms with E-state index in [1.165, 1.54) is 31.7 Å². The molecule has 1 aliphatic carbocycles. The van der Waals surface area contributed by atoms with Gasteiger partial charge in [0.25, 0.3) is 10.2 Å². The van der Waals surface area contributed by atoms with Crippen molar-refractivity contribution in [1.29, 1.82) is 0 Å². The maximum atomic E-state index is 12.5. The van der Waals surface area contributed by atoms with Crippen molar-refractivity contribution >= 4 is 11.9 Å². The standard InChI is InChI=1S/C16H19F3O.C10H18O2.C6H10N2O9.2H2O/c17-16(18,19)14-9-5-10-15(12-14)20-11-4-3-8-13-6-1-2-7-13;1-4-5-6-7-8-10(11)12-9(2)3;9-6(10)1-2-15-3-5(17-8(13)14)4-16-7(11)12;;/h3,5,8-10,12-13H,1-2,4,6-7,11H2;4-5,9H,6-8H2,1-3H3;5H,1-4H2,(H,9,10);2*1H2/b8-3+;5-4-;;;. The van der Waals surface area contributed by atoms with Crippen molar-refractivity contribution in [3.63, 3.8) is 0 Å². The lowest BCUT2D eigenvalue weighted by atomic mass is 10.1. The van der Waals surface area contributed by atoms with E-state index < -0.39 is 40.6 Å². The lowest BCUT2D eigenvalue weighted by Crippen LogP contribution is -2.29. The fraction of sp³-hybridized carbons (Fsp3) is 0.625. The van der Waals surface area contributed by atoms with Crippen LogP contribution in [-0.4, -0.2) is 76.8 Å². The van der Waals surface area contributed by atoms with E-state index in [4.69, 9.17) is 19.3 Å². The molecule has 0 aromatic heterocycles. The van der Waals surface area contributed by atoms with Crippen LogP contribution in [0.2, 0.25) is 0 Å². The van der Waals surface area contributed by atoms with E-state index in [1.54, 1.807) is 6.07 Å². The minimum absolute atomic E-state index is 0. The van der Waals surface area contributed by atoms with Gasteiger partial charge in [-0.3, -0.25) is 9.59 Å². The molecule has 19 heteroatoms.